The number of hydrogen-bond donors (Lipinski definition) is 2. The van der Waals surface area contributed by atoms with Crippen LogP contribution in [0.5, 0.6) is 0 Å². The number of nitrogens with one attached hydrogen (secondary N) is 2. The van der Waals surface area contributed by atoms with Crippen molar-refractivity contribution in [1.82, 2.24) is 10.2 Å². The minimum atomic E-state index is -0.553. The molecule has 1 atom stereocenters. The van der Waals surface area contributed by atoms with Crippen molar-refractivity contribution in [3.8, 4) is 0 Å². The van der Waals surface area contributed by atoms with Gasteiger partial charge in [0, 0.05) is 24.8 Å². The van der Waals surface area contributed by atoms with Crippen molar-refractivity contribution in [2.24, 2.45) is 11.0 Å². The summed E-state index contributed by atoms with van der Waals surface area (Å²) < 4.78 is 4.85. The third-order valence-corrected chi connectivity index (χ3v) is 6.96. The van der Waals surface area contributed by atoms with Gasteiger partial charge >= 0.3 is 0 Å². The Bertz CT molecular complexity index is 537. The van der Waals surface area contributed by atoms with E-state index in [1.54, 1.807) is 11.8 Å². The van der Waals surface area contributed by atoms with E-state index in [4.69, 9.17) is 10.3 Å². The summed E-state index contributed by atoms with van der Waals surface area (Å²) in [7, 11) is 2.09. The van der Waals surface area contributed by atoms with Crippen LogP contribution in [0.1, 0.15) is 67.2 Å². The van der Waals surface area contributed by atoms with Crippen LogP contribution in [0.4, 0.5) is 0 Å². The number of amides is 1. The van der Waals surface area contributed by atoms with Crippen molar-refractivity contribution in [3.05, 3.63) is 11.9 Å². The molecular formula is C21H40N4O2S. The van der Waals surface area contributed by atoms with Gasteiger partial charge in [0.15, 0.2) is 5.82 Å². The second kappa shape index (κ2) is 11.3. The summed E-state index contributed by atoms with van der Waals surface area (Å²) in [6.45, 7) is 14.3. The molecule has 0 aromatic rings. The Labute approximate surface area is 175 Å². The summed E-state index contributed by atoms with van der Waals surface area (Å²) in [5, 5.41) is 6.36. The van der Waals surface area contributed by atoms with E-state index in [9.17, 15) is 4.79 Å². The number of carbonyl (C=O) groups is 1. The van der Waals surface area contributed by atoms with Gasteiger partial charge in [-0.3, -0.25) is 9.69 Å². The van der Waals surface area contributed by atoms with Gasteiger partial charge in [0.2, 0.25) is 5.91 Å². The number of nitrogens with zero attached hydrogens (tertiary/aromatic N) is 2. The maximum atomic E-state index is 12.7. The van der Waals surface area contributed by atoms with Gasteiger partial charge in [-0.25, -0.2) is 5.53 Å². The number of ether oxygens (including phenoxy) is 1. The van der Waals surface area contributed by atoms with Gasteiger partial charge in [0.1, 0.15) is 0 Å². The Morgan fingerprint density at radius 3 is 2.46 bits per heavy atom. The zero-order valence-electron chi connectivity index (χ0n) is 18.8. The molecule has 1 rings (SSSR count). The topological polar surface area (TPSA) is 77.8 Å². The average molecular weight is 413 g/mol. The van der Waals surface area contributed by atoms with E-state index in [0.717, 1.165) is 44.6 Å². The van der Waals surface area contributed by atoms with Gasteiger partial charge in [-0.15, -0.1) is 16.9 Å². The van der Waals surface area contributed by atoms with Gasteiger partial charge < -0.3 is 10.1 Å². The average Bonchev–Trinajstić information content (AvgIpc) is 2.63. The Hall–Kier alpha value is -0.920. The van der Waals surface area contributed by atoms with Gasteiger partial charge in [-0.1, -0.05) is 0 Å². The van der Waals surface area contributed by atoms with Crippen molar-refractivity contribution >= 4 is 17.7 Å². The second-order valence-electron chi connectivity index (χ2n) is 9.22. The van der Waals surface area contributed by atoms with Crippen LogP contribution < -0.4 is 5.32 Å². The fourth-order valence-corrected chi connectivity index (χ4v) is 4.22. The minimum Gasteiger partial charge on any atom is -0.381 e. The van der Waals surface area contributed by atoms with Crippen LogP contribution in [-0.2, 0) is 9.53 Å². The highest BCUT2D eigenvalue weighted by atomic mass is 32.2. The van der Waals surface area contributed by atoms with Crippen LogP contribution in [-0.4, -0.2) is 53.1 Å². The Kier molecular flexibility index (Phi) is 10.1. The Balaban J connectivity index is 2.52. The van der Waals surface area contributed by atoms with Crippen molar-refractivity contribution in [3.63, 3.8) is 0 Å². The molecule has 0 aliphatic carbocycles. The van der Waals surface area contributed by atoms with Crippen LogP contribution in [0.3, 0.4) is 0 Å². The lowest BCUT2D eigenvalue weighted by Crippen LogP contribution is -2.44. The predicted octanol–water partition coefficient (Wildman–Crippen LogP) is 4.81. The summed E-state index contributed by atoms with van der Waals surface area (Å²) >= 11 is 1.67. The zero-order valence-corrected chi connectivity index (χ0v) is 19.6. The highest BCUT2D eigenvalue weighted by Crippen LogP contribution is 2.29. The molecule has 1 saturated heterocycles. The molecular weight excluding hydrogens is 372 g/mol. The Morgan fingerprint density at radius 1 is 1.32 bits per heavy atom. The molecule has 28 heavy (non-hydrogen) atoms. The predicted molar refractivity (Wildman–Crippen MR) is 118 cm³/mol. The van der Waals surface area contributed by atoms with E-state index >= 15 is 0 Å². The van der Waals surface area contributed by atoms with Crippen LogP contribution in [0.25, 0.3) is 0 Å². The van der Waals surface area contributed by atoms with E-state index < -0.39 is 4.75 Å². The molecule has 162 valence electrons. The van der Waals surface area contributed by atoms with Crippen LogP contribution >= 0.6 is 11.8 Å². The summed E-state index contributed by atoms with van der Waals surface area (Å²) in [5.74, 6) is 1.90. The second-order valence-corrected chi connectivity index (χ2v) is 10.9. The SMILES string of the molecule is CC(CC=C(N=N)NC(=O)C(C)(C)SCCC1CCOCC1)N(C)C(C)(C)C. The molecule has 0 aromatic heterocycles. The maximum absolute atomic E-state index is 12.7. The first-order valence-corrected chi connectivity index (χ1v) is 11.3. The maximum Gasteiger partial charge on any atom is 0.241 e. The smallest absolute Gasteiger partial charge is 0.241 e. The quantitative estimate of drug-likeness (QED) is 0.505. The number of carbonyl (C=O) groups excluding carboxylic acids is 1. The lowest BCUT2D eigenvalue weighted by molar-refractivity contribution is -0.122. The molecule has 0 bridgehead atoms. The fourth-order valence-electron chi connectivity index (χ4n) is 3.07. The molecule has 0 radical (unpaired) electrons. The summed E-state index contributed by atoms with van der Waals surface area (Å²) in [6.07, 6.45) is 5.94. The monoisotopic (exact) mass is 412 g/mol. The highest BCUT2D eigenvalue weighted by molar-refractivity contribution is 8.01. The van der Waals surface area contributed by atoms with Gasteiger partial charge in [-0.2, -0.15) is 0 Å². The molecule has 1 fully saturated rings. The molecule has 0 aromatic carbocycles. The lowest BCUT2D eigenvalue weighted by Gasteiger charge is -2.36. The number of thioether (sulfide) groups is 1. The first kappa shape index (κ1) is 25.1. The van der Waals surface area contributed by atoms with Gasteiger partial charge in [0.05, 0.1) is 4.75 Å². The number of rotatable bonds is 10. The molecule has 6 nitrogen and oxygen atoms in total. The van der Waals surface area contributed by atoms with Gasteiger partial charge in [0.25, 0.3) is 0 Å². The van der Waals surface area contributed by atoms with E-state index in [0.29, 0.717) is 11.7 Å². The lowest BCUT2D eigenvalue weighted by atomic mass is 9.98. The summed E-state index contributed by atoms with van der Waals surface area (Å²) in [6, 6.07) is 0.288. The van der Waals surface area contributed by atoms with Crippen molar-refractivity contribution in [2.75, 3.05) is 26.0 Å². The first-order valence-electron chi connectivity index (χ1n) is 10.3. The standard InChI is InChI=1S/C21H40N4O2S/c1-16(25(7)20(2,3)4)8-9-18(24-22)23-19(26)21(5,6)28-15-12-17-10-13-27-14-11-17/h9,16-17,22H,8,10-15H2,1-7H3,(H,23,26). The summed E-state index contributed by atoms with van der Waals surface area (Å²) in [4.78, 5) is 15.0. The third-order valence-electron chi connectivity index (χ3n) is 5.61. The van der Waals surface area contributed by atoms with Crippen LogP contribution in [0.15, 0.2) is 17.0 Å². The molecule has 1 heterocycles. The molecule has 2 N–H and O–H groups in total. The molecule has 1 amide bonds. The molecule has 1 unspecified atom stereocenters. The third kappa shape index (κ3) is 8.62. The van der Waals surface area contributed by atoms with Crippen LogP contribution in [0.2, 0.25) is 0 Å². The van der Waals surface area contributed by atoms with Crippen molar-refractivity contribution in [2.45, 2.75) is 83.6 Å². The van der Waals surface area contributed by atoms with E-state index in [1.807, 2.05) is 19.9 Å². The van der Waals surface area contributed by atoms with E-state index in [1.165, 1.54) is 0 Å². The van der Waals surface area contributed by atoms with E-state index in [2.05, 4.69) is 50.1 Å². The van der Waals surface area contributed by atoms with Crippen molar-refractivity contribution < 1.29 is 9.53 Å². The van der Waals surface area contributed by atoms with E-state index in [-0.39, 0.29) is 17.5 Å². The fraction of sp³-hybridized carbons (Fsp3) is 0.857. The molecule has 0 spiro atoms. The minimum absolute atomic E-state index is 0.0673. The molecule has 1 aliphatic heterocycles. The van der Waals surface area contributed by atoms with Gasteiger partial charge in [-0.05, 0) is 92.0 Å². The summed E-state index contributed by atoms with van der Waals surface area (Å²) in [5.41, 5.74) is 7.48. The normalized spacial score (nSPS) is 18.2. The van der Waals surface area contributed by atoms with Crippen molar-refractivity contribution in [1.29, 1.82) is 5.53 Å². The molecule has 0 saturated carbocycles. The number of hydrogen-bond acceptors (Lipinski definition) is 6. The van der Waals surface area contributed by atoms with Crippen LogP contribution in [0, 0.1) is 11.4 Å². The Morgan fingerprint density at radius 2 is 1.93 bits per heavy atom. The molecule has 7 heteroatoms. The zero-order chi connectivity index (χ0) is 21.4. The largest absolute Gasteiger partial charge is 0.381 e. The first-order chi connectivity index (χ1) is 13.0. The molecule has 1 aliphatic rings. The highest BCUT2D eigenvalue weighted by Gasteiger charge is 2.29.